The predicted molar refractivity (Wildman–Crippen MR) is 127 cm³/mol. The van der Waals surface area contributed by atoms with E-state index in [9.17, 15) is 9.59 Å². The Balaban J connectivity index is 1.87. The minimum Gasteiger partial charge on any atom is -0.379 e. The Morgan fingerprint density at radius 3 is 2.48 bits per heavy atom. The monoisotopic (exact) mass is 432 g/mol. The first-order valence-electron chi connectivity index (χ1n) is 11.7. The van der Waals surface area contributed by atoms with Gasteiger partial charge in [-0.05, 0) is 24.6 Å². The van der Waals surface area contributed by atoms with Gasteiger partial charge in [-0.15, -0.1) is 0 Å². The molecule has 0 radical (unpaired) electrons. The molecule has 0 aromatic heterocycles. The molecular formula is C24H40N4O3. The Hall–Kier alpha value is -2.12. The van der Waals surface area contributed by atoms with Crippen LogP contribution in [0, 0.1) is 0 Å². The van der Waals surface area contributed by atoms with Crippen LogP contribution in [0.4, 0.5) is 11.4 Å². The van der Waals surface area contributed by atoms with Gasteiger partial charge in [0.15, 0.2) is 0 Å². The maximum absolute atomic E-state index is 12.9. The Bertz CT molecular complexity index is 687. The summed E-state index contributed by atoms with van der Waals surface area (Å²) in [6.07, 6.45) is 7.43. The van der Waals surface area contributed by atoms with Gasteiger partial charge in [-0.25, -0.2) is 0 Å². The lowest BCUT2D eigenvalue weighted by Crippen LogP contribution is -2.41. The third-order valence-corrected chi connectivity index (χ3v) is 5.58. The molecule has 31 heavy (non-hydrogen) atoms. The predicted octanol–water partition coefficient (Wildman–Crippen LogP) is 3.50. The van der Waals surface area contributed by atoms with Gasteiger partial charge < -0.3 is 20.3 Å². The third-order valence-electron chi connectivity index (χ3n) is 5.58. The Labute approximate surface area is 187 Å². The molecule has 1 aliphatic heterocycles. The summed E-state index contributed by atoms with van der Waals surface area (Å²) < 4.78 is 5.36. The number of amides is 2. The van der Waals surface area contributed by atoms with Gasteiger partial charge in [0.1, 0.15) is 0 Å². The van der Waals surface area contributed by atoms with Crippen LogP contribution < -0.4 is 15.5 Å². The Morgan fingerprint density at radius 1 is 1.06 bits per heavy atom. The highest BCUT2D eigenvalue weighted by Gasteiger charge is 2.16. The molecule has 2 rings (SSSR count). The lowest BCUT2D eigenvalue weighted by Gasteiger charge is -2.26. The minimum atomic E-state index is -0.121. The lowest BCUT2D eigenvalue weighted by molar-refractivity contribution is -0.116. The average molecular weight is 433 g/mol. The molecule has 2 N–H and O–H groups in total. The van der Waals surface area contributed by atoms with Crippen LogP contribution in [0.2, 0.25) is 0 Å². The van der Waals surface area contributed by atoms with Crippen LogP contribution in [0.15, 0.2) is 18.2 Å². The van der Waals surface area contributed by atoms with Crippen molar-refractivity contribution in [2.75, 3.05) is 63.7 Å². The first kappa shape index (κ1) is 25.1. The molecule has 1 aromatic rings. The molecule has 0 aliphatic carbocycles. The number of morpholine rings is 1. The molecule has 0 bridgehead atoms. The summed E-state index contributed by atoms with van der Waals surface area (Å²) in [7, 11) is 3.83. The fourth-order valence-corrected chi connectivity index (χ4v) is 3.72. The number of nitrogens with one attached hydrogen (secondary N) is 2. The molecular weight excluding hydrogens is 392 g/mol. The van der Waals surface area contributed by atoms with Gasteiger partial charge in [0.2, 0.25) is 5.91 Å². The number of ether oxygens (including phenoxy) is 1. The van der Waals surface area contributed by atoms with Crippen LogP contribution in [0.1, 0.15) is 62.2 Å². The summed E-state index contributed by atoms with van der Waals surface area (Å²) in [6.45, 7) is 6.89. The van der Waals surface area contributed by atoms with Crippen LogP contribution in [-0.2, 0) is 9.53 Å². The molecule has 0 spiro atoms. The van der Waals surface area contributed by atoms with Crippen molar-refractivity contribution in [3.8, 4) is 0 Å². The van der Waals surface area contributed by atoms with E-state index in [-0.39, 0.29) is 11.8 Å². The van der Waals surface area contributed by atoms with Crippen molar-refractivity contribution in [3.63, 3.8) is 0 Å². The molecule has 0 atom stereocenters. The smallest absolute Gasteiger partial charge is 0.253 e. The second-order valence-corrected chi connectivity index (χ2v) is 8.40. The summed E-state index contributed by atoms with van der Waals surface area (Å²) in [4.78, 5) is 29.4. The van der Waals surface area contributed by atoms with E-state index >= 15 is 0 Å². The summed E-state index contributed by atoms with van der Waals surface area (Å²) in [5.74, 6) is -0.115. The van der Waals surface area contributed by atoms with Crippen molar-refractivity contribution in [3.05, 3.63) is 23.8 Å². The van der Waals surface area contributed by atoms with E-state index < -0.39 is 0 Å². The van der Waals surface area contributed by atoms with Gasteiger partial charge in [0.25, 0.3) is 5.91 Å². The Kier molecular flexibility index (Phi) is 11.4. The van der Waals surface area contributed by atoms with E-state index in [4.69, 9.17) is 4.74 Å². The van der Waals surface area contributed by atoms with Crippen molar-refractivity contribution < 1.29 is 14.3 Å². The molecule has 0 unspecified atom stereocenters. The number of unbranched alkanes of at least 4 members (excludes halogenated alkanes) is 5. The number of hydrogen-bond donors (Lipinski definition) is 2. The average Bonchev–Trinajstić information content (AvgIpc) is 2.76. The summed E-state index contributed by atoms with van der Waals surface area (Å²) >= 11 is 0. The number of anilines is 2. The third kappa shape index (κ3) is 9.27. The zero-order chi connectivity index (χ0) is 22.5. The van der Waals surface area contributed by atoms with Crippen LogP contribution in [-0.4, -0.2) is 70.2 Å². The van der Waals surface area contributed by atoms with Crippen LogP contribution >= 0.6 is 0 Å². The van der Waals surface area contributed by atoms with E-state index in [1.807, 2.05) is 31.1 Å². The van der Waals surface area contributed by atoms with Gasteiger partial charge in [-0.3, -0.25) is 14.5 Å². The fourth-order valence-electron chi connectivity index (χ4n) is 3.72. The van der Waals surface area contributed by atoms with E-state index in [0.29, 0.717) is 24.2 Å². The maximum atomic E-state index is 12.9. The molecule has 7 nitrogen and oxygen atoms in total. The first-order valence-corrected chi connectivity index (χ1v) is 11.7. The van der Waals surface area contributed by atoms with Crippen LogP contribution in [0.5, 0.6) is 0 Å². The van der Waals surface area contributed by atoms with Crippen molar-refractivity contribution in [1.82, 2.24) is 10.2 Å². The standard InChI is InChI=1S/C24H40N4O3/c1-4-5-6-7-8-9-10-23(29)26-20-11-12-22(27(2)3)21(19-20)24(30)25-13-14-28-15-17-31-18-16-28/h11-12,19H,4-10,13-18H2,1-3H3,(H,25,30)(H,26,29). The highest BCUT2D eigenvalue weighted by Crippen LogP contribution is 2.23. The quantitative estimate of drug-likeness (QED) is 0.467. The highest BCUT2D eigenvalue weighted by atomic mass is 16.5. The van der Waals surface area contributed by atoms with Crippen molar-refractivity contribution in [2.24, 2.45) is 0 Å². The van der Waals surface area contributed by atoms with Gasteiger partial charge in [0, 0.05) is 58.1 Å². The topological polar surface area (TPSA) is 73.9 Å². The van der Waals surface area contributed by atoms with Gasteiger partial charge in [-0.1, -0.05) is 39.0 Å². The molecule has 2 amide bonds. The summed E-state index contributed by atoms with van der Waals surface area (Å²) in [5.41, 5.74) is 2.07. The molecule has 1 aromatic carbocycles. The van der Waals surface area contributed by atoms with E-state index in [2.05, 4.69) is 22.5 Å². The van der Waals surface area contributed by atoms with Crippen molar-refractivity contribution in [1.29, 1.82) is 0 Å². The lowest BCUT2D eigenvalue weighted by atomic mass is 10.1. The number of hydrogen-bond acceptors (Lipinski definition) is 5. The number of carbonyl (C=O) groups excluding carboxylic acids is 2. The molecule has 1 fully saturated rings. The van der Waals surface area contributed by atoms with Crippen LogP contribution in [0.3, 0.4) is 0 Å². The maximum Gasteiger partial charge on any atom is 0.253 e. The Morgan fingerprint density at radius 2 is 1.77 bits per heavy atom. The molecule has 1 aliphatic rings. The van der Waals surface area contributed by atoms with E-state index in [1.165, 1.54) is 25.7 Å². The van der Waals surface area contributed by atoms with E-state index in [0.717, 1.165) is 51.4 Å². The first-order chi connectivity index (χ1) is 15.0. The normalized spacial score (nSPS) is 14.3. The number of nitrogens with zero attached hydrogens (tertiary/aromatic N) is 2. The zero-order valence-electron chi connectivity index (χ0n) is 19.5. The van der Waals surface area contributed by atoms with Crippen LogP contribution in [0.25, 0.3) is 0 Å². The molecule has 0 saturated carbocycles. The highest BCUT2D eigenvalue weighted by molar-refractivity contribution is 6.02. The van der Waals surface area contributed by atoms with Crippen molar-refractivity contribution >= 4 is 23.2 Å². The molecule has 1 saturated heterocycles. The zero-order valence-corrected chi connectivity index (χ0v) is 19.5. The molecule has 174 valence electrons. The number of carbonyl (C=O) groups is 2. The second-order valence-electron chi connectivity index (χ2n) is 8.40. The van der Waals surface area contributed by atoms with Gasteiger partial charge in [0.05, 0.1) is 18.8 Å². The SMILES string of the molecule is CCCCCCCCC(=O)Nc1ccc(N(C)C)c(C(=O)NCCN2CCOCC2)c1. The summed E-state index contributed by atoms with van der Waals surface area (Å²) in [6, 6.07) is 5.52. The number of benzene rings is 1. The fraction of sp³-hybridized carbons (Fsp3) is 0.667. The van der Waals surface area contributed by atoms with Gasteiger partial charge in [-0.2, -0.15) is 0 Å². The molecule has 7 heteroatoms. The largest absolute Gasteiger partial charge is 0.379 e. The molecule has 1 heterocycles. The van der Waals surface area contributed by atoms with E-state index in [1.54, 1.807) is 6.07 Å². The number of rotatable bonds is 13. The minimum absolute atomic E-state index is 0.00627. The van der Waals surface area contributed by atoms with Crippen molar-refractivity contribution in [2.45, 2.75) is 51.9 Å². The van der Waals surface area contributed by atoms with Gasteiger partial charge >= 0.3 is 0 Å². The second kappa shape index (κ2) is 14.0. The summed E-state index contributed by atoms with van der Waals surface area (Å²) in [5, 5.41) is 5.97.